The molecule has 4 nitrogen and oxygen atoms in total. The molecule has 4 aliphatic carbocycles. The number of carbonyl (C=O) groups excluding carboxylic acids is 1. The molecule has 1 N–H and O–H groups in total. The molecule has 1 aliphatic heterocycles. The number of nitrogens with one attached hydrogen (secondary N) is 1. The Morgan fingerprint density at radius 3 is 2.17 bits per heavy atom. The molecule has 0 radical (unpaired) electrons. The van der Waals surface area contributed by atoms with Crippen molar-refractivity contribution in [2.75, 3.05) is 37.6 Å². The molecule has 160 valence electrons. The van der Waals surface area contributed by atoms with Crippen LogP contribution in [0.25, 0.3) is 0 Å². The molecule has 0 unspecified atom stereocenters. The largest absolute Gasteiger partial charge is 0.368 e. The second-order valence-electron chi connectivity index (χ2n) is 10.3. The van der Waals surface area contributed by atoms with E-state index < -0.39 is 0 Å². The quantitative estimate of drug-likeness (QED) is 0.768. The molecular formula is C24H36ClN3O. The van der Waals surface area contributed by atoms with Crippen LogP contribution in [-0.4, -0.2) is 43.7 Å². The summed E-state index contributed by atoms with van der Waals surface area (Å²) in [5.41, 5.74) is 4.45. The van der Waals surface area contributed by atoms with Crippen molar-refractivity contribution in [1.29, 1.82) is 0 Å². The highest BCUT2D eigenvalue weighted by atomic mass is 35.5. The van der Waals surface area contributed by atoms with Gasteiger partial charge in [0.2, 0.25) is 0 Å². The predicted molar refractivity (Wildman–Crippen MR) is 121 cm³/mol. The first-order valence-corrected chi connectivity index (χ1v) is 11.4. The fourth-order valence-corrected chi connectivity index (χ4v) is 7.11. The maximum absolute atomic E-state index is 12.9. The van der Waals surface area contributed by atoms with Crippen molar-refractivity contribution in [3.63, 3.8) is 0 Å². The van der Waals surface area contributed by atoms with E-state index in [0.29, 0.717) is 5.41 Å². The van der Waals surface area contributed by atoms with E-state index in [-0.39, 0.29) is 18.4 Å². The van der Waals surface area contributed by atoms with Crippen molar-refractivity contribution in [2.24, 2.45) is 23.2 Å². The lowest BCUT2D eigenvalue weighted by Gasteiger charge is -2.57. The van der Waals surface area contributed by atoms with Crippen LogP contribution < -0.4 is 10.2 Å². The lowest BCUT2D eigenvalue weighted by molar-refractivity contribution is -0.0502. The first kappa shape index (κ1) is 20.8. The van der Waals surface area contributed by atoms with Gasteiger partial charge in [0, 0.05) is 38.4 Å². The van der Waals surface area contributed by atoms with Gasteiger partial charge in [0.1, 0.15) is 0 Å². The zero-order valence-electron chi connectivity index (χ0n) is 18.0. The zero-order valence-corrected chi connectivity index (χ0v) is 18.8. The second-order valence-corrected chi connectivity index (χ2v) is 10.3. The van der Waals surface area contributed by atoms with Gasteiger partial charge in [-0.2, -0.15) is 0 Å². The van der Waals surface area contributed by atoms with Crippen LogP contribution in [0, 0.1) is 37.0 Å². The summed E-state index contributed by atoms with van der Waals surface area (Å²) in [6.07, 6.45) is 8.48. The highest BCUT2D eigenvalue weighted by molar-refractivity contribution is 5.85. The minimum Gasteiger partial charge on any atom is -0.368 e. The molecule has 29 heavy (non-hydrogen) atoms. The molecule has 4 bridgehead atoms. The van der Waals surface area contributed by atoms with E-state index in [9.17, 15) is 4.79 Å². The van der Waals surface area contributed by atoms with E-state index in [4.69, 9.17) is 0 Å². The van der Waals surface area contributed by atoms with Crippen molar-refractivity contribution in [3.8, 4) is 0 Å². The summed E-state index contributed by atoms with van der Waals surface area (Å²) in [7, 11) is 0. The number of hydrogen-bond acceptors (Lipinski definition) is 2. The van der Waals surface area contributed by atoms with Gasteiger partial charge >= 0.3 is 6.03 Å². The van der Waals surface area contributed by atoms with Gasteiger partial charge in [-0.1, -0.05) is 12.1 Å². The SMILES string of the molecule is Cc1cccc(N2CCN(C(=O)NCC34CC5CC(CC(C5)C3)C4)CC2)c1C.Cl. The van der Waals surface area contributed by atoms with E-state index in [1.165, 1.54) is 55.3 Å². The lowest BCUT2D eigenvalue weighted by Crippen LogP contribution is -2.55. The highest BCUT2D eigenvalue weighted by Crippen LogP contribution is 2.59. The van der Waals surface area contributed by atoms with Gasteiger partial charge in [0.05, 0.1) is 0 Å². The maximum Gasteiger partial charge on any atom is 0.317 e. The molecule has 2 amide bonds. The third-order valence-electron chi connectivity index (χ3n) is 8.26. The Hall–Kier alpha value is -1.42. The molecule has 4 saturated carbocycles. The van der Waals surface area contributed by atoms with Crippen molar-refractivity contribution in [3.05, 3.63) is 29.3 Å². The molecular weight excluding hydrogens is 382 g/mol. The van der Waals surface area contributed by atoms with Crippen LogP contribution in [0.2, 0.25) is 0 Å². The lowest BCUT2D eigenvalue weighted by atomic mass is 9.49. The summed E-state index contributed by atoms with van der Waals surface area (Å²) in [4.78, 5) is 17.3. The van der Waals surface area contributed by atoms with Crippen LogP contribution >= 0.6 is 12.4 Å². The number of rotatable bonds is 3. The van der Waals surface area contributed by atoms with Gasteiger partial charge in [0.25, 0.3) is 0 Å². The first-order chi connectivity index (χ1) is 13.5. The Labute approximate surface area is 181 Å². The molecule has 1 heterocycles. The second kappa shape index (κ2) is 8.02. The summed E-state index contributed by atoms with van der Waals surface area (Å²) in [5, 5.41) is 3.35. The first-order valence-electron chi connectivity index (χ1n) is 11.4. The van der Waals surface area contributed by atoms with Crippen LogP contribution in [0.1, 0.15) is 49.7 Å². The maximum atomic E-state index is 12.9. The monoisotopic (exact) mass is 417 g/mol. The fraction of sp³-hybridized carbons (Fsp3) is 0.708. The summed E-state index contributed by atoms with van der Waals surface area (Å²) < 4.78 is 0. The number of halogens is 1. The van der Waals surface area contributed by atoms with E-state index >= 15 is 0 Å². The molecule has 0 atom stereocenters. The molecule has 5 aliphatic rings. The Morgan fingerprint density at radius 2 is 1.59 bits per heavy atom. The molecule has 6 rings (SSSR count). The smallest absolute Gasteiger partial charge is 0.317 e. The van der Waals surface area contributed by atoms with Crippen molar-refractivity contribution < 1.29 is 4.79 Å². The Balaban J connectivity index is 0.00000205. The van der Waals surface area contributed by atoms with Crippen molar-refractivity contribution in [1.82, 2.24) is 10.2 Å². The molecule has 5 fully saturated rings. The number of benzene rings is 1. The summed E-state index contributed by atoms with van der Waals surface area (Å²) in [5.74, 6) is 2.85. The topological polar surface area (TPSA) is 35.6 Å². The summed E-state index contributed by atoms with van der Waals surface area (Å²) in [6, 6.07) is 6.69. The highest BCUT2D eigenvalue weighted by Gasteiger charge is 2.50. The fourth-order valence-electron chi connectivity index (χ4n) is 7.11. The van der Waals surface area contributed by atoms with Crippen LogP contribution in [-0.2, 0) is 0 Å². The standard InChI is InChI=1S/C24H35N3O.ClH/c1-17-4-3-5-22(18(17)2)26-6-8-27(9-7-26)23(28)25-16-24-13-19-10-20(14-24)12-21(11-19)15-24;/h3-5,19-21H,6-16H2,1-2H3,(H,25,28);1H. The molecule has 1 saturated heterocycles. The number of amides is 2. The van der Waals surface area contributed by atoms with E-state index in [2.05, 4.69) is 42.3 Å². The zero-order chi connectivity index (χ0) is 19.3. The Morgan fingerprint density at radius 1 is 1.00 bits per heavy atom. The average molecular weight is 418 g/mol. The third kappa shape index (κ3) is 3.97. The van der Waals surface area contributed by atoms with Gasteiger partial charge in [-0.15, -0.1) is 12.4 Å². The normalized spacial score (nSPS) is 32.8. The summed E-state index contributed by atoms with van der Waals surface area (Å²) >= 11 is 0. The molecule has 1 aromatic carbocycles. The minimum atomic E-state index is 0. The Bertz CT molecular complexity index is 721. The van der Waals surface area contributed by atoms with Crippen molar-refractivity contribution in [2.45, 2.75) is 52.4 Å². The average Bonchev–Trinajstić information content (AvgIpc) is 2.67. The van der Waals surface area contributed by atoms with Crippen LogP contribution in [0.4, 0.5) is 10.5 Å². The number of piperazine rings is 1. The number of anilines is 1. The number of urea groups is 1. The van der Waals surface area contributed by atoms with Gasteiger partial charge < -0.3 is 15.1 Å². The van der Waals surface area contributed by atoms with Crippen LogP contribution in [0.15, 0.2) is 18.2 Å². The van der Waals surface area contributed by atoms with Crippen LogP contribution in [0.3, 0.4) is 0 Å². The third-order valence-corrected chi connectivity index (χ3v) is 8.26. The number of aryl methyl sites for hydroxylation is 1. The molecule has 1 aromatic rings. The Kier molecular flexibility index (Phi) is 5.76. The molecule has 0 aromatic heterocycles. The molecule has 5 heteroatoms. The van der Waals surface area contributed by atoms with E-state index in [1.54, 1.807) is 0 Å². The number of nitrogens with zero attached hydrogens (tertiary/aromatic N) is 2. The molecule has 0 spiro atoms. The van der Waals surface area contributed by atoms with Gasteiger partial charge in [-0.05, 0) is 92.7 Å². The van der Waals surface area contributed by atoms with Crippen molar-refractivity contribution >= 4 is 24.1 Å². The van der Waals surface area contributed by atoms with E-state index in [0.717, 1.165) is 50.5 Å². The van der Waals surface area contributed by atoms with Gasteiger partial charge in [0.15, 0.2) is 0 Å². The van der Waals surface area contributed by atoms with Gasteiger partial charge in [-0.3, -0.25) is 0 Å². The number of carbonyl (C=O) groups is 1. The predicted octanol–water partition coefficient (Wildman–Crippen LogP) is 4.77. The summed E-state index contributed by atoms with van der Waals surface area (Å²) in [6.45, 7) is 8.78. The number of hydrogen-bond donors (Lipinski definition) is 1. The minimum absolute atomic E-state index is 0. The van der Waals surface area contributed by atoms with E-state index in [1.807, 2.05) is 4.90 Å². The van der Waals surface area contributed by atoms with Gasteiger partial charge in [-0.25, -0.2) is 4.79 Å². The van der Waals surface area contributed by atoms with Crippen LogP contribution in [0.5, 0.6) is 0 Å².